The van der Waals surface area contributed by atoms with Gasteiger partial charge >= 0.3 is 0 Å². The van der Waals surface area contributed by atoms with E-state index in [-0.39, 0.29) is 28.3 Å². The summed E-state index contributed by atoms with van der Waals surface area (Å²) in [6.45, 7) is 2.95. The van der Waals surface area contributed by atoms with Crippen molar-refractivity contribution in [3.05, 3.63) is 59.9 Å². The molecular weight excluding hydrogens is 475 g/mol. The zero-order valence-electron chi connectivity index (χ0n) is 19.6. The Morgan fingerprint density at radius 2 is 1.47 bits per heavy atom. The smallest absolute Gasteiger partial charge is 0.207 e. The highest BCUT2D eigenvalue weighted by molar-refractivity contribution is 7.89. The highest BCUT2D eigenvalue weighted by Gasteiger charge is 2.36. The summed E-state index contributed by atoms with van der Waals surface area (Å²) in [7, 11) is -7.63. The number of halogens is 1. The third-order valence-corrected chi connectivity index (χ3v) is 10.9. The summed E-state index contributed by atoms with van der Waals surface area (Å²) in [6, 6.07) is 11.5. The zero-order chi connectivity index (χ0) is 24.3. The fraction of sp³-hybridized carbons (Fsp3) is 0.520. The molecule has 2 aromatic rings. The first-order chi connectivity index (χ1) is 16.2. The molecule has 2 atom stereocenters. The molecule has 0 unspecified atom stereocenters. The molecule has 4 rings (SSSR count). The number of hydrogen-bond acceptors (Lipinski definition) is 4. The third kappa shape index (κ3) is 5.22. The first-order valence-corrected chi connectivity index (χ1v) is 14.9. The maximum atomic E-state index is 14.5. The van der Waals surface area contributed by atoms with Crippen LogP contribution in [0.5, 0.6) is 0 Å². The first-order valence-electron chi connectivity index (χ1n) is 12.1. The summed E-state index contributed by atoms with van der Waals surface area (Å²) < 4.78 is 70.9. The van der Waals surface area contributed by atoms with Crippen LogP contribution in [0.25, 0.3) is 0 Å². The van der Waals surface area contributed by atoms with Gasteiger partial charge in [0.25, 0.3) is 0 Å². The molecule has 0 aromatic heterocycles. The summed E-state index contributed by atoms with van der Waals surface area (Å²) in [4.78, 5) is 0.124. The molecule has 1 saturated heterocycles. The highest BCUT2D eigenvalue weighted by Crippen LogP contribution is 2.34. The van der Waals surface area contributed by atoms with E-state index in [0.717, 1.165) is 44.9 Å². The van der Waals surface area contributed by atoms with Gasteiger partial charge in [0, 0.05) is 31.2 Å². The minimum absolute atomic E-state index is 0.0270. The summed E-state index contributed by atoms with van der Waals surface area (Å²) >= 11 is 0. The van der Waals surface area contributed by atoms with Crippen LogP contribution in [0.1, 0.15) is 57.4 Å². The van der Waals surface area contributed by atoms with Gasteiger partial charge in [-0.05, 0) is 61.9 Å². The normalized spacial score (nSPS) is 22.7. The van der Waals surface area contributed by atoms with E-state index in [0.29, 0.717) is 18.7 Å². The summed E-state index contributed by atoms with van der Waals surface area (Å²) in [5, 5.41) is 0. The van der Waals surface area contributed by atoms with Gasteiger partial charge in [0.1, 0.15) is 5.82 Å². The Labute approximate surface area is 202 Å². The van der Waals surface area contributed by atoms with E-state index >= 15 is 0 Å². The molecule has 2 aromatic carbocycles. The van der Waals surface area contributed by atoms with Crippen molar-refractivity contribution < 1.29 is 21.2 Å². The van der Waals surface area contributed by atoms with E-state index in [1.807, 2.05) is 6.92 Å². The molecule has 0 bridgehead atoms. The molecule has 9 heteroatoms. The lowest BCUT2D eigenvalue weighted by molar-refractivity contribution is 0.184. The second kappa shape index (κ2) is 10.4. The predicted octanol–water partition coefficient (Wildman–Crippen LogP) is 4.77. The molecule has 2 fully saturated rings. The predicted molar refractivity (Wildman–Crippen MR) is 130 cm³/mol. The Hall–Kier alpha value is -1.81. The Morgan fingerprint density at radius 3 is 2.12 bits per heavy atom. The molecule has 0 amide bonds. The molecule has 1 saturated carbocycles. The molecule has 0 N–H and O–H groups in total. The van der Waals surface area contributed by atoms with Crippen LogP contribution in [-0.4, -0.2) is 44.6 Å². The van der Waals surface area contributed by atoms with Crippen molar-refractivity contribution in [3.63, 3.8) is 0 Å². The van der Waals surface area contributed by atoms with E-state index in [1.165, 1.54) is 38.9 Å². The van der Waals surface area contributed by atoms with E-state index in [9.17, 15) is 21.2 Å². The van der Waals surface area contributed by atoms with Crippen LogP contribution in [0.15, 0.2) is 58.3 Å². The largest absolute Gasteiger partial charge is 0.243 e. The maximum Gasteiger partial charge on any atom is 0.243 e. The van der Waals surface area contributed by atoms with Gasteiger partial charge in [0.05, 0.1) is 9.79 Å². The van der Waals surface area contributed by atoms with Gasteiger partial charge in [0.15, 0.2) is 0 Å². The second-order valence-electron chi connectivity index (χ2n) is 9.41. The van der Waals surface area contributed by atoms with E-state index in [2.05, 4.69) is 0 Å². The summed E-state index contributed by atoms with van der Waals surface area (Å²) in [5.74, 6) is -0.289. The van der Waals surface area contributed by atoms with Crippen molar-refractivity contribution >= 4 is 20.0 Å². The van der Waals surface area contributed by atoms with Gasteiger partial charge in [-0.15, -0.1) is 0 Å². The second-order valence-corrected chi connectivity index (χ2v) is 13.2. The number of nitrogens with zero attached hydrogens (tertiary/aromatic N) is 2. The lowest BCUT2D eigenvalue weighted by Gasteiger charge is -2.38. The van der Waals surface area contributed by atoms with Crippen LogP contribution >= 0.6 is 0 Å². The molecule has 0 radical (unpaired) electrons. The molecule has 1 heterocycles. The molecule has 0 spiro atoms. The average Bonchev–Trinajstić information content (AvgIpc) is 2.85. The lowest BCUT2D eigenvalue weighted by atomic mass is 9.86. The number of piperidine rings is 1. The number of benzene rings is 2. The molecule has 6 nitrogen and oxygen atoms in total. The van der Waals surface area contributed by atoms with Crippen LogP contribution in [0.3, 0.4) is 0 Å². The lowest BCUT2D eigenvalue weighted by Crippen LogP contribution is -2.44. The van der Waals surface area contributed by atoms with Crippen molar-refractivity contribution in [3.8, 4) is 0 Å². The number of sulfonamides is 2. The van der Waals surface area contributed by atoms with Crippen LogP contribution in [0.2, 0.25) is 0 Å². The minimum Gasteiger partial charge on any atom is -0.207 e. The van der Waals surface area contributed by atoms with Crippen molar-refractivity contribution in [2.45, 2.75) is 74.2 Å². The van der Waals surface area contributed by atoms with Crippen molar-refractivity contribution in [2.24, 2.45) is 5.92 Å². The van der Waals surface area contributed by atoms with E-state index in [4.69, 9.17) is 0 Å². The molecular formula is C25H33FN2O4S2. The zero-order valence-corrected chi connectivity index (χ0v) is 21.2. The summed E-state index contributed by atoms with van der Waals surface area (Å²) in [6.07, 6.45) is 6.28. The fourth-order valence-electron chi connectivity index (χ4n) is 5.07. The van der Waals surface area contributed by atoms with Gasteiger partial charge in [0.2, 0.25) is 20.0 Å². The topological polar surface area (TPSA) is 74.8 Å². The van der Waals surface area contributed by atoms with E-state index in [1.54, 1.807) is 18.2 Å². The maximum absolute atomic E-state index is 14.5. The van der Waals surface area contributed by atoms with Crippen LogP contribution in [0, 0.1) is 11.7 Å². The van der Waals surface area contributed by atoms with Crippen molar-refractivity contribution in [2.75, 3.05) is 13.1 Å². The number of rotatable bonds is 7. The standard InChI is InChI=1S/C25H33FN2O4S2/c1-20-9-3-6-12-25(20)28(19-21-10-4-5-11-24(21)26)34(31,32)23-15-13-22(14-16-23)33(29,30)27-17-7-2-8-18-27/h4-5,10-11,13-16,20,25H,2-3,6-9,12,17-19H2,1H3/t20-,25+/m1/s1. The van der Waals surface area contributed by atoms with E-state index < -0.39 is 25.9 Å². The Bertz CT molecular complexity index is 1190. The van der Waals surface area contributed by atoms with Crippen molar-refractivity contribution in [1.29, 1.82) is 0 Å². The first kappa shape index (κ1) is 25.3. The highest BCUT2D eigenvalue weighted by atomic mass is 32.2. The minimum atomic E-state index is -3.98. The average molecular weight is 509 g/mol. The monoisotopic (exact) mass is 508 g/mol. The fourth-order valence-corrected chi connectivity index (χ4v) is 8.32. The Balaban J connectivity index is 1.66. The van der Waals surface area contributed by atoms with Gasteiger partial charge < -0.3 is 0 Å². The van der Waals surface area contributed by atoms with Crippen LogP contribution in [-0.2, 0) is 26.6 Å². The molecule has 186 valence electrons. The SMILES string of the molecule is C[C@@H]1CCCC[C@@H]1N(Cc1ccccc1F)S(=O)(=O)c1ccc(S(=O)(=O)N2CCCCC2)cc1. The Morgan fingerprint density at radius 1 is 0.853 bits per heavy atom. The molecule has 34 heavy (non-hydrogen) atoms. The molecule has 2 aliphatic rings. The van der Waals surface area contributed by atoms with Crippen LogP contribution < -0.4 is 0 Å². The van der Waals surface area contributed by atoms with Crippen molar-refractivity contribution in [1.82, 2.24) is 8.61 Å². The quantitative estimate of drug-likeness (QED) is 0.540. The molecule has 1 aliphatic carbocycles. The van der Waals surface area contributed by atoms with Gasteiger partial charge in [-0.1, -0.05) is 44.4 Å². The van der Waals surface area contributed by atoms with Gasteiger partial charge in [-0.2, -0.15) is 8.61 Å². The number of hydrogen-bond donors (Lipinski definition) is 0. The van der Waals surface area contributed by atoms with Crippen LogP contribution in [0.4, 0.5) is 4.39 Å². The van der Waals surface area contributed by atoms with Gasteiger partial charge in [-0.25, -0.2) is 21.2 Å². The summed E-state index contributed by atoms with van der Waals surface area (Å²) in [5.41, 5.74) is 0.327. The third-order valence-electron chi connectivity index (χ3n) is 7.10. The Kier molecular flexibility index (Phi) is 7.76. The van der Waals surface area contributed by atoms with Gasteiger partial charge in [-0.3, -0.25) is 0 Å². The molecule has 1 aliphatic heterocycles.